The van der Waals surface area contributed by atoms with Gasteiger partial charge in [0.05, 0.1) is 5.69 Å². The molecule has 0 fully saturated rings. The summed E-state index contributed by atoms with van der Waals surface area (Å²) in [6.07, 6.45) is 0. The van der Waals surface area contributed by atoms with Gasteiger partial charge < -0.3 is 10.2 Å². The van der Waals surface area contributed by atoms with Crippen molar-refractivity contribution >= 4 is 33.7 Å². The number of rotatable bonds is 4. The maximum atomic E-state index is 12.8. The van der Waals surface area contributed by atoms with E-state index in [1.807, 2.05) is 32.0 Å². The fourth-order valence-corrected chi connectivity index (χ4v) is 3.55. The number of phenols is 2. The molecule has 0 saturated heterocycles. The van der Waals surface area contributed by atoms with Crippen LogP contribution in [0, 0.1) is 13.8 Å². The molecule has 4 aromatic carbocycles. The number of halogens is 1. The van der Waals surface area contributed by atoms with Gasteiger partial charge in [-0.15, -0.1) is 0 Å². The van der Waals surface area contributed by atoms with Gasteiger partial charge in [0.15, 0.2) is 5.36 Å². The first kappa shape index (κ1) is 22.0. The van der Waals surface area contributed by atoms with Crippen molar-refractivity contribution in [3.05, 3.63) is 102 Å². The van der Waals surface area contributed by atoms with Crippen molar-refractivity contribution in [2.24, 2.45) is 10.2 Å². The predicted octanol–water partition coefficient (Wildman–Crippen LogP) is 2.97. The number of anilines is 2. The largest absolute Gasteiger partial charge is 0.506 e. The number of fused-ring (bicyclic) bond motifs is 1. The summed E-state index contributed by atoms with van der Waals surface area (Å²) < 4.78 is 0. The average molecular weight is 463 g/mol. The minimum absolute atomic E-state index is 0.0245. The molecule has 4 rings (SSSR count). The van der Waals surface area contributed by atoms with Crippen molar-refractivity contribution in [1.29, 1.82) is 0 Å². The van der Waals surface area contributed by atoms with E-state index in [1.165, 1.54) is 24.3 Å². The molecule has 0 bridgehead atoms. The van der Waals surface area contributed by atoms with Crippen LogP contribution in [-0.4, -0.2) is 10.2 Å². The van der Waals surface area contributed by atoms with E-state index < -0.39 is 16.2 Å². The standard InChI is InChI=1S/C24H19ClN4O4/c1-12-3-5-15-16(9-12)13(2)10-21(32)22(15)28-26-17-6-8-20(31)23(24(17)33)29-27-18-11-14(25)4-7-19(18)30/h3-11,27-28,30,32H,1-2H3. The van der Waals surface area contributed by atoms with Crippen LogP contribution in [0.25, 0.3) is 10.8 Å². The average Bonchev–Trinajstić information content (AvgIpc) is 2.77. The van der Waals surface area contributed by atoms with Crippen LogP contribution in [0.1, 0.15) is 11.1 Å². The van der Waals surface area contributed by atoms with Crippen LogP contribution in [0.5, 0.6) is 11.5 Å². The lowest BCUT2D eigenvalue weighted by Gasteiger charge is -2.11. The van der Waals surface area contributed by atoms with Crippen LogP contribution in [0.2, 0.25) is 5.02 Å². The number of hydrogen-bond donors (Lipinski definition) is 4. The van der Waals surface area contributed by atoms with Gasteiger partial charge in [0.2, 0.25) is 10.9 Å². The van der Waals surface area contributed by atoms with Crippen LogP contribution in [0.3, 0.4) is 0 Å². The second-order valence-electron chi connectivity index (χ2n) is 7.51. The fraction of sp³-hybridized carbons (Fsp3) is 0.0833. The van der Waals surface area contributed by atoms with Gasteiger partial charge in [-0.05, 0) is 61.2 Å². The number of nitrogens with zero attached hydrogens (tertiary/aromatic N) is 2. The Morgan fingerprint density at radius 3 is 2.39 bits per heavy atom. The molecule has 0 heterocycles. The molecule has 0 radical (unpaired) electrons. The highest BCUT2D eigenvalue weighted by atomic mass is 35.5. The quantitative estimate of drug-likeness (QED) is 0.273. The molecular formula is C24H19ClN4O4. The maximum Gasteiger partial charge on any atom is 0.237 e. The summed E-state index contributed by atoms with van der Waals surface area (Å²) in [6, 6.07) is 14.0. The lowest BCUT2D eigenvalue weighted by Crippen LogP contribution is -2.47. The number of phenolic OH excluding ortho intramolecular Hbond substituents is 2. The van der Waals surface area contributed by atoms with Crippen LogP contribution in [0.4, 0.5) is 11.4 Å². The predicted molar refractivity (Wildman–Crippen MR) is 128 cm³/mol. The van der Waals surface area contributed by atoms with Crippen molar-refractivity contribution in [3.8, 4) is 11.5 Å². The summed E-state index contributed by atoms with van der Waals surface area (Å²) >= 11 is 5.90. The number of nitrogens with one attached hydrogen (secondary N) is 2. The number of hydrogen-bond acceptors (Lipinski definition) is 8. The number of aromatic hydroxyl groups is 2. The van der Waals surface area contributed by atoms with E-state index in [4.69, 9.17) is 11.6 Å². The molecule has 9 heteroatoms. The molecule has 0 saturated carbocycles. The highest BCUT2D eigenvalue weighted by Gasteiger charge is 2.10. The Balaban J connectivity index is 1.78. The molecule has 0 aliphatic carbocycles. The summed E-state index contributed by atoms with van der Waals surface area (Å²) in [7, 11) is 0. The van der Waals surface area contributed by atoms with Crippen molar-refractivity contribution in [2.75, 3.05) is 10.9 Å². The normalized spacial score (nSPS) is 12.3. The Morgan fingerprint density at radius 1 is 0.818 bits per heavy atom. The van der Waals surface area contributed by atoms with Crippen molar-refractivity contribution in [3.63, 3.8) is 0 Å². The SMILES string of the molecule is Cc1ccc2c(NN=c3ccc(=O)c(=NNc4cc(Cl)ccc4O)c3=O)c(O)cc(C)c2c1. The topological polar surface area (TPSA) is 123 Å². The van der Waals surface area contributed by atoms with Crippen molar-refractivity contribution < 1.29 is 10.2 Å². The smallest absolute Gasteiger partial charge is 0.237 e. The van der Waals surface area contributed by atoms with E-state index in [2.05, 4.69) is 21.1 Å². The van der Waals surface area contributed by atoms with Gasteiger partial charge in [0.25, 0.3) is 0 Å². The van der Waals surface area contributed by atoms with Crippen LogP contribution in [-0.2, 0) is 0 Å². The van der Waals surface area contributed by atoms with E-state index in [0.717, 1.165) is 28.0 Å². The summed E-state index contributed by atoms with van der Waals surface area (Å²) in [5, 5.41) is 29.8. The first-order valence-corrected chi connectivity index (χ1v) is 10.3. The fourth-order valence-electron chi connectivity index (χ4n) is 3.38. The first-order chi connectivity index (χ1) is 15.7. The van der Waals surface area contributed by atoms with E-state index in [1.54, 1.807) is 6.07 Å². The Hall–Kier alpha value is -4.17. The summed E-state index contributed by atoms with van der Waals surface area (Å²) in [5.41, 5.74) is 6.32. The zero-order valence-electron chi connectivity index (χ0n) is 17.7. The Morgan fingerprint density at radius 2 is 1.61 bits per heavy atom. The van der Waals surface area contributed by atoms with Crippen molar-refractivity contribution in [1.82, 2.24) is 0 Å². The molecule has 0 atom stereocenters. The number of aryl methyl sites for hydroxylation is 2. The Labute approximate surface area is 192 Å². The van der Waals surface area contributed by atoms with E-state index in [-0.39, 0.29) is 22.5 Å². The lowest BCUT2D eigenvalue weighted by atomic mass is 10.0. The van der Waals surface area contributed by atoms with E-state index >= 15 is 0 Å². The third-order valence-corrected chi connectivity index (χ3v) is 5.32. The summed E-state index contributed by atoms with van der Waals surface area (Å²) in [5.74, 6) is -0.175. The van der Waals surface area contributed by atoms with Gasteiger partial charge in [-0.2, -0.15) is 10.2 Å². The third-order valence-electron chi connectivity index (χ3n) is 5.09. The molecule has 0 aromatic heterocycles. The minimum Gasteiger partial charge on any atom is -0.506 e. The lowest BCUT2D eigenvalue weighted by molar-refractivity contribution is 0.477. The molecule has 8 nitrogen and oxygen atoms in total. The molecule has 0 unspecified atom stereocenters. The molecule has 0 aliphatic rings. The van der Waals surface area contributed by atoms with Crippen LogP contribution in [0.15, 0.2) is 74.4 Å². The molecule has 4 aromatic rings. The third kappa shape index (κ3) is 4.42. The minimum atomic E-state index is -0.726. The highest BCUT2D eigenvalue weighted by molar-refractivity contribution is 6.30. The van der Waals surface area contributed by atoms with E-state index in [0.29, 0.717) is 10.7 Å². The second kappa shape index (κ2) is 8.76. The molecule has 0 spiro atoms. The molecule has 0 amide bonds. The monoisotopic (exact) mass is 462 g/mol. The van der Waals surface area contributed by atoms with Gasteiger partial charge in [-0.3, -0.25) is 20.4 Å². The molecule has 4 N–H and O–H groups in total. The molecule has 33 heavy (non-hydrogen) atoms. The zero-order chi connectivity index (χ0) is 23.7. The number of benzene rings is 4. The second-order valence-corrected chi connectivity index (χ2v) is 7.94. The maximum absolute atomic E-state index is 12.8. The van der Waals surface area contributed by atoms with Gasteiger partial charge in [0, 0.05) is 10.4 Å². The Bertz CT molecular complexity index is 1620. The van der Waals surface area contributed by atoms with Gasteiger partial charge in [0.1, 0.15) is 22.5 Å². The Kier molecular flexibility index (Phi) is 5.85. The van der Waals surface area contributed by atoms with Gasteiger partial charge in [-0.25, -0.2) is 0 Å². The molecule has 0 aliphatic heterocycles. The highest BCUT2D eigenvalue weighted by Crippen LogP contribution is 2.35. The van der Waals surface area contributed by atoms with Gasteiger partial charge >= 0.3 is 0 Å². The van der Waals surface area contributed by atoms with Crippen LogP contribution < -0.4 is 32.4 Å². The first-order valence-electron chi connectivity index (χ1n) is 9.90. The molecular weight excluding hydrogens is 444 g/mol. The van der Waals surface area contributed by atoms with Crippen molar-refractivity contribution in [2.45, 2.75) is 13.8 Å². The van der Waals surface area contributed by atoms with Crippen LogP contribution >= 0.6 is 11.6 Å². The molecule has 166 valence electrons. The summed E-state index contributed by atoms with van der Waals surface area (Å²) in [6.45, 7) is 3.86. The van der Waals surface area contributed by atoms with E-state index in [9.17, 15) is 19.8 Å². The van der Waals surface area contributed by atoms with Gasteiger partial charge in [-0.1, -0.05) is 35.4 Å². The zero-order valence-corrected chi connectivity index (χ0v) is 18.4. The summed E-state index contributed by atoms with van der Waals surface area (Å²) in [4.78, 5) is 25.0.